The van der Waals surface area contributed by atoms with Crippen LogP contribution >= 0.6 is 11.3 Å². The second-order valence-corrected chi connectivity index (χ2v) is 8.25. The van der Waals surface area contributed by atoms with Crippen LogP contribution in [0.1, 0.15) is 22.6 Å². The van der Waals surface area contributed by atoms with Crippen LogP contribution in [0.25, 0.3) is 10.9 Å². The molecule has 0 spiro atoms. The van der Waals surface area contributed by atoms with Crippen LogP contribution in [0.2, 0.25) is 0 Å². The first-order valence-corrected chi connectivity index (χ1v) is 9.92. The maximum Gasteiger partial charge on any atom is 0.0798 e. The molecule has 1 saturated heterocycles. The normalized spacial score (nSPS) is 18.6. The largest absolute Gasteiger partial charge is 0.361 e. The second kappa shape index (κ2) is 7.28. The maximum absolute atomic E-state index is 4.36. The Morgan fingerprint density at radius 1 is 1.36 bits per heavy atom. The van der Waals surface area contributed by atoms with Crippen LogP contribution in [0.3, 0.4) is 0 Å². The molecule has 3 heterocycles. The molecule has 1 unspecified atom stereocenters. The van der Waals surface area contributed by atoms with Crippen LogP contribution < -0.4 is 0 Å². The average Bonchev–Trinajstić information content (AvgIpc) is 3.31. The number of rotatable bonds is 6. The first kappa shape index (κ1) is 16.8. The van der Waals surface area contributed by atoms with Gasteiger partial charge in [0.2, 0.25) is 0 Å². The molecule has 0 aliphatic carbocycles. The highest BCUT2D eigenvalue weighted by Crippen LogP contribution is 2.24. The van der Waals surface area contributed by atoms with Gasteiger partial charge in [-0.2, -0.15) is 0 Å². The van der Waals surface area contributed by atoms with Gasteiger partial charge in [0.05, 0.1) is 11.2 Å². The summed E-state index contributed by atoms with van der Waals surface area (Å²) in [6.07, 6.45) is 3.34. The highest BCUT2D eigenvalue weighted by atomic mass is 32.1. The lowest BCUT2D eigenvalue weighted by Gasteiger charge is -2.21. The Hall–Kier alpha value is -1.69. The van der Waals surface area contributed by atoms with Crippen molar-refractivity contribution >= 4 is 22.2 Å². The van der Waals surface area contributed by atoms with E-state index in [0.29, 0.717) is 0 Å². The van der Waals surface area contributed by atoms with Crippen molar-refractivity contribution in [3.63, 3.8) is 0 Å². The van der Waals surface area contributed by atoms with Gasteiger partial charge in [-0.15, -0.1) is 11.3 Å². The highest BCUT2D eigenvalue weighted by molar-refractivity contribution is 7.09. The van der Waals surface area contributed by atoms with Gasteiger partial charge in [0.25, 0.3) is 0 Å². The van der Waals surface area contributed by atoms with Crippen molar-refractivity contribution in [1.29, 1.82) is 0 Å². The van der Waals surface area contributed by atoms with E-state index in [-0.39, 0.29) is 0 Å². The van der Waals surface area contributed by atoms with Crippen LogP contribution in [0.4, 0.5) is 0 Å². The number of hydrogen-bond donors (Lipinski definition) is 1. The van der Waals surface area contributed by atoms with E-state index < -0.39 is 0 Å². The minimum absolute atomic E-state index is 0.765. The number of fused-ring (bicyclic) bond motifs is 1. The van der Waals surface area contributed by atoms with E-state index in [1.165, 1.54) is 53.1 Å². The zero-order valence-electron chi connectivity index (χ0n) is 15.0. The van der Waals surface area contributed by atoms with Crippen molar-refractivity contribution in [2.75, 3.05) is 26.7 Å². The Bertz CT molecular complexity index is 837. The van der Waals surface area contributed by atoms with Gasteiger partial charge >= 0.3 is 0 Å². The molecule has 4 nitrogen and oxygen atoms in total. The SMILES string of the molecule is Cc1ncsc1CN(C)CC1CCN(Cc2cccc3cc[nH]c23)C1. The topological polar surface area (TPSA) is 35.2 Å². The number of H-pyrrole nitrogens is 1. The van der Waals surface area contributed by atoms with Crippen LogP contribution in [-0.4, -0.2) is 46.4 Å². The van der Waals surface area contributed by atoms with Crippen molar-refractivity contribution < 1.29 is 0 Å². The summed E-state index contributed by atoms with van der Waals surface area (Å²) < 4.78 is 0. The quantitative estimate of drug-likeness (QED) is 0.729. The summed E-state index contributed by atoms with van der Waals surface area (Å²) in [7, 11) is 2.24. The number of aromatic nitrogens is 2. The van der Waals surface area contributed by atoms with Crippen molar-refractivity contribution in [2.24, 2.45) is 5.92 Å². The summed E-state index contributed by atoms with van der Waals surface area (Å²) in [6.45, 7) is 7.75. The Labute approximate surface area is 153 Å². The summed E-state index contributed by atoms with van der Waals surface area (Å²) in [5.74, 6) is 0.765. The van der Waals surface area contributed by atoms with Gasteiger partial charge in [-0.3, -0.25) is 4.90 Å². The van der Waals surface area contributed by atoms with E-state index >= 15 is 0 Å². The fourth-order valence-electron chi connectivity index (χ4n) is 3.96. The van der Waals surface area contributed by atoms with Gasteiger partial charge in [0.15, 0.2) is 0 Å². The maximum atomic E-state index is 4.36. The molecule has 0 saturated carbocycles. The molecule has 0 bridgehead atoms. The summed E-state index contributed by atoms with van der Waals surface area (Å²) >= 11 is 1.77. The molecule has 3 aromatic rings. The van der Waals surface area contributed by atoms with E-state index in [9.17, 15) is 0 Å². The van der Waals surface area contributed by atoms with E-state index in [4.69, 9.17) is 0 Å². The highest BCUT2D eigenvalue weighted by Gasteiger charge is 2.24. The van der Waals surface area contributed by atoms with Gasteiger partial charge in [0, 0.05) is 42.8 Å². The number of aromatic amines is 1. The van der Waals surface area contributed by atoms with E-state index in [2.05, 4.69) is 58.0 Å². The molecule has 0 amide bonds. The monoisotopic (exact) mass is 354 g/mol. The predicted molar refractivity (Wildman–Crippen MR) is 105 cm³/mol. The minimum atomic E-state index is 0.765. The Morgan fingerprint density at radius 3 is 3.12 bits per heavy atom. The summed E-state index contributed by atoms with van der Waals surface area (Å²) in [5.41, 5.74) is 5.85. The molecule has 1 aliphatic heterocycles. The summed E-state index contributed by atoms with van der Waals surface area (Å²) in [5, 5.41) is 1.31. The third-order valence-corrected chi connectivity index (χ3v) is 6.19. The number of aryl methyl sites for hydroxylation is 1. The zero-order valence-corrected chi connectivity index (χ0v) is 15.9. The molecule has 1 atom stereocenters. The first-order chi connectivity index (χ1) is 12.2. The Balaban J connectivity index is 1.32. The molecule has 1 aliphatic rings. The standard InChI is InChI=1S/C20H26N4S/c1-15-19(25-14-22-15)13-23(2)10-16-7-9-24(11-16)12-18-5-3-4-17-6-8-21-20(17)18/h3-6,8,14,16,21H,7,9-13H2,1-2H3. The second-order valence-electron chi connectivity index (χ2n) is 7.31. The first-order valence-electron chi connectivity index (χ1n) is 9.04. The lowest BCUT2D eigenvalue weighted by Crippen LogP contribution is -2.28. The molecule has 1 fully saturated rings. The minimum Gasteiger partial charge on any atom is -0.361 e. The van der Waals surface area contributed by atoms with E-state index in [1.807, 2.05) is 11.7 Å². The van der Waals surface area contributed by atoms with Crippen LogP contribution in [-0.2, 0) is 13.1 Å². The fraction of sp³-hybridized carbons (Fsp3) is 0.450. The number of para-hydroxylation sites is 1. The number of benzene rings is 1. The lowest BCUT2D eigenvalue weighted by atomic mass is 10.1. The summed E-state index contributed by atoms with van der Waals surface area (Å²) in [6, 6.07) is 8.76. The van der Waals surface area contributed by atoms with Crippen LogP contribution in [0, 0.1) is 12.8 Å². The zero-order chi connectivity index (χ0) is 17.2. The number of hydrogen-bond acceptors (Lipinski definition) is 4. The number of nitrogens with zero attached hydrogens (tertiary/aromatic N) is 3. The van der Waals surface area contributed by atoms with Gasteiger partial charge in [-0.05, 0) is 49.9 Å². The predicted octanol–water partition coefficient (Wildman–Crippen LogP) is 3.89. The summed E-state index contributed by atoms with van der Waals surface area (Å²) in [4.78, 5) is 14.2. The molecule has 4 rings (SSSR count). The third-order valence-electron chi connectivity index (χ3n) is 5.27. The molecular formula is C20H26N4S. The van der Waals surface area contributed by atoms with Crippen molar-refractivity contribution in [3.05, 3.63) is 52.1 Å². The van der Waals surface area contributed by atoms with Crippen LogP contribution in [0.15, 0.2) is 36.0 Å². The molecular weight excluding hydrogens is 328 g/mol. The molecule has 25 heavy (non-hydrogen) atoms. The van der Waals surface area contributed by atoms with Gasteiger partial charge in [0.1, 0.15) is 0 Å². The third kappa shape index (κ3) is 3.78. The Morgan fingerprint density at radius 2 is 2.28 bits per heavy atom. The smallest absolute Gasteiger partial charge is 0.0798 e. The lowest BCUT2D eigenvalue weighted by molar-refractivity contribution is 0.256. The molecule has 1 N–H and O–H groups in total. The van der Waals surface area contributed by atoms with Crippen molar-refractivity contribution in [2.45, 2.75) is 26.4 Å². The Kier molecular flexibility index (Phi) is 4.88. The fourth-order valence-corrected chi connectivity index (χ4v) is 4.81. The number of nitrogens with one attached hydrogen (secondary N) is 1. The average molecular weight is 355 g/mol. The van der Waals surface area contributed by atoms with E-state index in [0.717, 1.165) is 19.0 Å². The van der Waals surface area contributed by atoms with Gasteiger partial charge < -0.3 is 9.88 Å². The number of likely N-dealkylation sites (tertiary alicyclic amines) is 1. The molecule has 1 aromatic carbocycles. The molecule has 0 radical (unpaired) electrons. The van der Waals surface area contributed by atoms with Crippen molar-refractivity contribution in [3.8, 4) is 0 Å². The van der Waals surface area contributed by atoms with Gasteiger partial charge in [-0.25, -0.2) is 4.98 Å². The van der Waals surface area contributed by atoms with E-state index in [1.54, 1.807) is 11.3 Å². The van der Waals surface area contributed by atoms with Crippen molar-refractivity contribution in [1.82, 2.24) is 19.8 Å². The van der Waals surface area contributed by atoms with Crippen LogP contribution in [0.5, 0.6) is 0 Å². The van der Waals surface area contributed by atoms with Gasteiger partial charge in [-0.1, -0.05) is 18.2 Å². The molecule has 5 heteroatoms. The molecule has 132 valence electrons. The number of thiazole rings is 1. The molecule has 2 aromatic heterocycles.